The van der Waals surface area contributed by atoms with Crippen molar-refractivity contribution >= 4 is 0 Å². The molecule has 1 saturated carbocycles. The summed E-state index contributed by atoms with van der Waals surface area (Å²) in [6.07, 6.45) is 7.27. The van der Waals surface area contributed by atoms with E-state index >= 15 is 0 Å². The molecular weight excluding hydrogens is 258 g/mol. The zero-order valence-electron chi connectivity index (χ0n) is 13.0. The Hall–Kier alpha value is -1.61. The fraction of sp³-hybridized carbons (Fsp3) is 0.500. The van der Waals surface area contributed by atoms with E-state index in [1.807, 2.05) is 12.3 Å². The van der Waals surface area contributed by atoms with Crippen LogP contribution in [0.4, 0.5) is 0 Å². The smallest absolute Gasteiger partial charge is 0.0649 e. The monoisotopic (exact) mass is 283 g/mol. The van der Waals surface area contributed by atoms with Gasteiger partial charge in [-0.3, -0.25) is 0 Å². The first-order valence-corrected chi connectivity index (χ1v) is 8.06. The lowest BCUT2D eigenvalue weighted by molar-refractivity contribution is 0.225. The number of hydrogen-bond acceptors (Lipinski definition) is 2. The molecule has 3 rings (SSSR count). The first-order valence-electron chi connectivity index (χ1n) is 8.06. The molecule has 0 radical (unpaired) electrons. The maximum Gasteiger partial charge on any atom is 0.0649 e. The molecule has 3 atom stereocenters. The fourth-order valence-corrected chi connectivity index (χ4v) is 3.74. The summed E-state index contributed by atoms with van der Waals surface area (Å²) in [5.41, 5.74) is 2.42. The Morgan fingerprint density at radius 3 is 2.71 bits per heavy atom. The van der Waals surface area contributed by atoms with Crippen LogP contribution in [0.2, 0.25) is 0 Å². The average molecular weight is 283 g/mol. The number of nitrogens with one attached hydrogen (secondary N) is 1. The minimum atomic E-state index is 0.385. The summed E-state index contributed by atoms with van der Waals surface area (Å²) < 4.78 is 2.08. The van der Waals surface area contributed by atoms with E-state index in [0.717, 1.165) is 11.6 Å². The third-order valence-corrected chi connectivity index (χ3v) is 4.75. The van der Waals surface area contributed by atoms with Crippen LogP contribution in [0.3, 0.4) is 0 Å². The molecule has 2 aromatic rings. The van der Waals surface area contributed by atoms with Gasteiger partial charge in [0.15, 0.2) is 0 Å². The lowest BCUT2D eigenvalue weighted by Crippen LogP contribution is -2.30. The van der Waals surface area contributed by atoms with E-state index in [0.29, 0.717) is 12.0 Å². The summed E-state index contributed by atoms with van der Waals surface area (Å²) in [7, 11) is 2.08. The summed E-state index contributed by atoms with van der Waals surface area (Å²) in [5, 5.41) is 8.09. The maximum absolute atomic E-state index is 4.55. The first kappa shape index (κ1) is 14.3. The van der Waals surface area contributed by atoms with Crippen molar-refractivity contribution in [3.05, 3.63) is 48.3 Å². The molecule has 1 fully saturated rings. The first-order chi connectivity index (χ1) is 10.3. The van der Waals surface area contributed by atoms with E-state index in [1.54, 1.807) is 0 Å². The van der Waals surface area contributed by atoms with Crippen LogP contribution in [0.25, 0.3) is 5.69 Å². The van der Waals surface area contributed by atoms with Gasteiger partial charge < -0.3 is 5.32 Å². The molecule has 3 nitrogen and oxygen atoms in total. The molecule has 0 bridgehead atoms. The second-order valence-corrected chi connectivity index (χ2v) is 6.30. The van der Waals surface area contributed by atoms with Gasteiger partial charge in [-0.2, -0.15) is 5.10 Å². The van der Waals surface area contributed by atoms with Gasteiger partial charge in [0, 0.05) is 6.20 Å². The lowest BCUT2D eigenvalue weighted by atomic mass is 9.77. The third kappa shape index (κ3) is 3.03. The van der Waals surface area contributed by atoms with Crippen LogP contribution in [0.1, 0.15) is 44.3 Å². The van der Waals surface area contributed by atoms with Gasteiger partial charge in [0.1, 0.15) is 0 Å². The molecule has 1 N–H and O–H groups in total. The molecule has 0 saturated heterocycles. The summed E-state index contributed by atoms with van der Waals surface area (Å²) in [4.78, 5) is 0. The van der Waals surface area contributed by atoms with Gasteiger partial charge in [0.05, 0.1) is 17.4 Å². The molecule has 1 aliphatic carbocycles. The van der Waals surface area contributed by atoms with Crippen molar-refractivity contribution in [3.8, 4) is 5.69 Å². The van der Waals surface area contributed by atoms with Crippen LogP contribution in [0.15, 0.2) is 42.6 Å². The standard InChI is InChI=1S/C18H25N3/c1-14-7-6-8-15(13-14)18(19-2)17-11-12-20-21(17)16-9-4-3-5-10-16/h3-5,9-12,14-15,18-19H,6-8,13H2,1-2H3. The van der Waals surface area contributed by atoms with E-state index in [-0.39, 0.29) is 0 Å². The van der Waals surface area contributed by atoms with Crippen molar-refractivity contribution in [2.24, 2.45) is 11.8 Å². The summed E-state index contributed by atoms with van der Waals surface area (Å²) >= 11 is 0. The summed E-state index contributed by atoms with van der Waals surface area (Å²) in [6.45, 7) is 2.38. The predicted octanol–water partition coefficient (Wildman–Crippen LogP) is 3.96. The van der Waals surface area contributed by atoms with E-state index in [9.17, 15) is 0 Å². The van der Waals surface area contributed by atoms with Crippen LogP contribution >= 0.6 is 0 Å². The molecule has 3 unspecified atom stereocenters. The van der Waals surface area contributed by atoms with Crippen molar-refractivity contribution in [2.75, 3.05) is 7.05 Å². The average Bonchev–Trinajstić information content (AvgIpc) is 2.98. The van der Waals surface area contributed by atoms with Gasteiger partial charge in [-0.25, -0.2) is 4.68 Å². The number of aromatic nitrogens is 2. The SMILES string of the molecule is CNC(c1ccnn1-c1ccccc1)C1CCCC(C)C1. The molecule has 1 aromatic heterocycles. The Bertz CT molecular complexity index is 561. The number of para-hydroxylation sites is 1. The molecule has 112 valence electrons. The zero-order valence-corrected chi connectivity index (χ0v) is 13.0. The highest BCUT2D eigenvalue weighted by Crippen LogP contribution is 2.37. The van der Waals surface area contributed by atoms with Crippen molar-refractivity contribution in [3.63, 3.8) is 0 Å². The van der Waals surface area contributed by atoms with Gasteiger partial charge in [0.25, 0.3) is 0 Å². The third-order valence-electron chi connectivity index (χ3n) is 4.75. The van der Waals surface area contributed by atoms with E-state index < -0.39 is 0 Å². The predicted molar refractivity (Wildman–Crippen MR) is 86.5 cm³/mol. The molecule has 1 heterocycles. The summed E-state index contributed by atoms with van der Waals surface area (Å²) in [5.74, 6) is 1.55. The van der Waals surface area contributed by atoms with Crippen LogP contribution in [-0.4, -0.2) is 16.8 Å². The van der Waals surface area contributed by atoms with Gasteiger partial charge >= 0.3 is 0 Å². The number of benzene rings is 1. The van der Waals surface area contributed by atoms with Crippen molar-refractivity contribution in [2.45, 2.75) is 38.6 Å². The van der Waals surface area contributed by atoms with E-state index in [2.05, 4.69) is 59.4 Å². The van der Waals surface area contributed by atoms with Crippen molar-refractivity contribution < 1.29 is 0 Å². The molecular formula is C18H25N3. The quantitative estimate of drug-likeness (QED) is 0.920. The molecule has 1 aliphatic rings. The zero-order chi connectivity index (χ0) is 14.7. The Kier molecular flexibility index (Phi) is 4.39. The van der Waals surface area contributed by atoms with Gasteiger partial charge in [-0.1, -0.05) is 38.0 Å². The molecule has 0 aliphatic heterocycles. The second-order valence-electron chi connectivity index (χ2n) is 6.30. The van der Waals surface area contributed by atoms with E-state index in [4.69, 9.17) is 0 Å². The molecule has 21 heavy (non-hydrogen) atoms. The summed E-state index contributed by atoms with van der Waals surface area (Å²) in [6, 6.07) is 13.0. The highest BCUT2D eigenvalue weighted by molar-refractivity contribution is 5.33. The highest BCUT2D eigenvalue weighted by Gasteiger charge is 2.29. The Morgan fingerprint density at radius 2 is 2.00 bits per heavy atom. The Balaban J connectivity index is 1.90. The Morgan fingerprint density at radius 1 is 1.19 bits per heavy atom. The normalized spacial score (nSPS) is 23.9. The van der Waals surface area contributed by atoms with Crippen molar-refractivity contribution in [1.29, 1.82) is 0 Å². The van der Waals surface area contributed by atoms with Crippen LogP contribution in [0.5, 0.6) is 0 Å². The van der Waals surface area contributed by atoms with Crippen LogP contribution in [-0.2, 0) is 0 Å². The molecule has 0 spiro atoms. The maximum atomic E-state index is 4.55. The van der Waals surface area contributed by atoms with Gasteiger partial charge in [0.2, 0.25) is 0 Å². The second kappa shape index (κ2) is 6.44. The minimum Gasteiger partial charge on any atom is -0.311 e. The fourth-order valence-electron chi connectivity index (χ4n) is 3.74. The minimum absolute atomic E-state index is 0.385. The Labute approximate surface area is 127 Å². The number of rotatable bonds is 4. The van der Waals surface area contributed by atoms with Gasteiger partial charge in [-0.15, -0.1) is 0 Å². The van der Waals surface area contributed by atoms with Crippen LogP contribution in [0, 0.1) is 11.8 Å². The molecule has 3 heteroatoms. The molecule has 0 amide bonds. The van der Waals surface area contributed by atoms with Crippen LogP contribution < -0.4 is 5.32 Å². The van der Waals surface area contributed by atoms with Crippen molar-refractivity contribution in [1.82, 2.24) is 15.1 Å². The number of nitrogens with zero attached hydrogens (tertiary/aromatic N) is 2. The van der Waals surface area contributed by atoms with Gasteiger partial charge in [-0.05, 0) is 49.9 Å². The highest BCUT2D eigenvalue weighted by atomic mass is 15.3. The largest absolute Gasteiger partial charge is 0.311 e. The topological polar surface area (TPSA) is 29.9 Å². The molecule has 1 aromatic carbocycles. The lowest BCUT2D eigenvalue weighted by Gasteiger charge is -2.33. The van der Waals surface area contributed by atoms with E-state index in [1.165, 1.54) is 31.4 Å². The number of hydrogen-bond donors (Lipinski definition) is 1.